The molecule has 1 fully saturated rings. The number of hydrogen-bond acceptors (Lipinski definition) is 3. The summed E-state index contributed by atoms with van der Waals surface area (Å²) in [6, 6.07) is 10.1. The lowest BCUT2D eigenvalue weighted by atomic mass is 10.2. The highest BCUT2D eigenvalue weighted by Crippen LogP contribution is 2.24. The van der Waals surface area contributed by atoms with Gasteiger partial charge in [-0.25, -0.2) is 12.8 Å². The predicted molar refractivity (Wildman–Crippen MR) is 93.4 cm³/mol. The number of carbonyl (C=O) groups is 1. The van der Waals surface area contributed by atoms with Crippen molar-refractivity contribution in [3.63, 3.8) is 0 Å². The first kappa shape index (κ1) is 17.6. The van der Waals surface area contributed by atoms with Gasteiger partial charge >= 0.3 is 0 Å². The number of rotatable bonds is 4. The first-order valence-corrected chi connectivity index (χ1v) is 9.43. The molecule has 0 aromatic heterocycles. The van der Waals surface area contributed by atoms with Crippen molar-refractivity contribution in [3.8, 4) is 0 Å². The maximum absolute atomic E-state index is 13.4. The van der Waals surface area contributed by atoms with E-state index in [4.69, 9.17) is 0 Å². The third-order valence-corrected chi connectivity index (χ3v) is 5.73. The van der Waals surface area contributed by atoms with E-state index < -0.39 is 16.1 Å². The molecule has 3 rings (SSSR count). The second-order valence-corrected chi connectivity index (χ2v) is 7.92. The lowest BCUT2D eigenvalue weighted by Gasteiger charge is -2.18. The Kier molecular flexibility index (Phi) is 4.62. The minimum Gasteiger partial charge on any atom is -0.311 e. The Morgan fingerprint density at radius 2 is 1.92 bits per heavy atom. The number of aryl methyl sites for hydroxylation is 2. The number of nitrogens with one attached hydrogen (secondary N) is 1. The van der Waals surface area contributed by atoms with E-state index in [-0.39, 0.29) is 16.6 Å². The van der Waals surface area contributed by atoms with Crippen LogP contribution in [0.4, 0.5) is 10.1 Å². The Hall–Kier alpha value is -2.25. The van der Waals surface area contributed by atoms with E-state index in [1.54, 1.807) is 38.1 Å². The van der Waals surface area contributed by atoms with Crippen LogP contribution in [0.1, 0.15) is 17.5 Å². The smallest absolute Gasteiger partial charge is 0.245 e. The molecule has 1 heterocycles. The van der Waals surface area contributed by atoms with Crippen molar-refractivity contribution in [2.24, 2.45) is 0 Å². The van der Waals surface area contributed by atoms with Crippen LogP contribution in [0, 0.1) is 19.7 Å². The normalized spacial score (nSPS) is 18.0. The van der Waals surface area contributed by atoms with E-state index in [0.29, 0.717) is 24.2 Å². The number of halogens is 1. The van der Waals surface area contributed by atoms with Crippen LogP contribution >= 0.6 is 0 Å². The molecule has 0 unspecified atom stereocenters. The fraction of sp³-hybridized carbons (Fsp3) is 0.278. The Balaban J connectivity index is 1.79. The van der Waals surface area contributed by atoms with Gasteiger partial charge in [-0.05, 0) is 61.7 Å². The summed E-state index contributed by atoms with van der Waals surface area (Å²) in [6.45, 7) is 3.81. The zero-order chi connectivity index (χ0) is 18.2. The quantitative estimate of drug-likeness (QED) is 0.909. The van der Waals surface area contributed by atoms with E-state index >= 15 is 0 Å². The van der Waals surface area contributed by atoms with Crippen molar-refractivity contribution >= 4 is 21.6 Å². The summed E-state index contributed by atoms with van der Waals surface area (Å²) >= 11 is 0. The van der Waals surface area contributed by atoms with Gasteiger partial charge in [-0.1, -0.05) is 12.1 Å². The Labute approximate surface area is 146 Å². The van der Waals surface area contributed by atoms with Gasteiger partial charge in [-0.15, -0.1) is 0 Å². The van der Waals surface area contributed by atoms with Gasteiger partial charge in [0.15, 0.2) is 0 Å². The van der Waals surface area contributed by atoms with Crippen LogP contribution in [0.15, 0.2) is 47.4 Å². The molecular formula is C18H19FN2O3S. The maximum atomic E-state index is 13.4. The van der Waals surface area contributed by atoms with Crippen molar-refractivity contribution in [1.29, 1.82) is 0 Å². The topological polar surface area (TPSA) is 66.5 Å². The number of amides is 1. The van der Waals surface area contributed by atoms with Crippen LogP contribution in [-0.4, -0.2) is 26.9 Å². The molecule has 1 aliphatic heterocycles. The summed E-state index contributed by atoms with van der Waals surface area (Å²) in [5, 5.41) is 0. The molecular weight excluding hydrogens is 343 g/mol. The van der Waals surface area contributed by atoms with Crippen LogP contribution in [0.5, 0.6) is 0 Å². The van der Waals surface area contributed by atoms with Gasteiger partial charge in [-0.3, -0.25) is 4.79 Å². The van der Waals surface area contributed by atoms with Crippen LogP contribution in [0.3, 0.4) is 0 Å². The number of carbonyl (C=O) groups excluding carboxylic acids is 1. The molecule has 1 saturated heterocycles. The van der Waals surface area contributed by atoms with Crippen molar-refractivity contribution in [2.75, 3.05) is 11.4 Å². The SMILES string of the molecule is Cc1cccc(S(=O)(=O)N[C@@H]2CCN(c3ccc(F)c(C)c3)C2=O)c1. The van der Waals surface area contributed by atoms with E-state index in [1.165, 1.54) is 23.1 Å². The molecule has 5 nitrogen and oxygen atoms in total. The Morgan fingerprint density at radius 3 is 2.60 bits per heavy atom. The number of nitrogens with zero attached hydrogens (tertiary/aromatic N) is 1. The molecule has 0 bridgehead atoms. The first-order chi connectivity index (χ1) is 11.8. The fourth-order valence-electron chi connectivity index (χ4n) is 2.88. The Bertz CT molecular complexity index is 928. The Morgan fingerprint density at radius 1 is 1.16 bits per heavy atom. The van der Waals surface area contributed by atoms with E-state index in [2.05, 4.69) is 4.72 Å². The lowest BCUT2D eigenvalue weighted by molar-refractivity contribution is -0.118. The van der Waals surface area contributed by atoms with Crippen LogP contribution in [0.2, 0.25) is 0 Å². The number of benzene rings is 2. The fourth-order valence-corrected chi connectivity index (χ4v) is 4.21. The van der Waals surface area contributed by atoms with Crippen molar-refractivity contribution in [2.45, 2.75) is 31.2 Å². The minimum absolute atomic E-state index is 0.136. The summed E-state index contributed by atoms with van der Waals surface area (Å²) in [5.74, 6) is -0.672. The first-order valence-electron chi connectivity index (χ1n) is 7.94. The summed E-state index contributed by atoms with van der Waals surface area (Å²) in [4.78, 5) is 14.2. The number of hydrogen-bond donors (Lipinski definition) is 1. The highest BCUT2D eigenvalue weighted by molar-refractivity contribution is 7.89. The molecule has 1 amide bonds. The summed E-state index contributed by atoms with van der Waals surface area (Å²) in [6.07, 6.45) is 0.361. The average Bonchev–Trinajstić information content (AvgIpc) is 2.90. The minimum atomic E-state index is -3.78. The summed E-state index contributed by atoms with van der Waals surface area (Å²) < 4.78 is 40.9. The van der Waals surface area contributed by atoms with Gasteiger partial charge in [0.05, 0.1) is 4.90 Å². The molecule has 0 spiro atoms. The average molecular weight is 362 g/mol. The second-order valence-electron chi connectivity index (χ2n) is 6.20. The highest BCUT2D eigenvalue weighted by atomic mass is 32.2. The highest BCUT2D eigenvalue weighted by Gasteiger charge is 2.35. The molecule has 0 saturated carbocycles. The number of sulfonamides is 1. The van der Waals surface area contributed by atoms with Gasteiger partial charge in [0.2, 0.25) is 15.9 Å². The predicted octanol–water partition coefficient (Wildman–Crippen LogP) is 2.53. The van der Waals surface area contributed by atoms with Gasteiger partial charge in [0.1, 0.15) is 11.9 Å². The molecule has 1 N–H and O–H groups in total. The molecule has 1 atom stereocenters. The van der Waals surface area contributed by atoms with E-state index in [1.807, 2.05) is 0 Å². The standard InChI is InChI=1S/C18H19FN2O3S/c1-12-4-3-5-15(10-12)25(23,24)20-17-8-9-21(18(17)22)14-6-7-16(19)13(2)11-14/h3-7,10-11,17,20H,8-9H2,1-2H3/t17-/m1/s1. The summed E-state index contributed by atoms with van der Waals surface area (Å²) in [7, 11) is -3.78. The monoisotopic (exact) mass is 362 g/mol. The van der Waals surface area contributed by atoms with Crippen LogP contribution in [-0.2, 0) is 14.8 Å². The molecule has 25 heavy (non-hydrogen) atoms. The molecule has 0 aliphatic carbocycles. The van der Waals surface area contributed by atoms with Crippen molar-refractivity contribution in [1.82, 2.24) is 4.72 Å². The third-order valence-electron chi connectivity index (χ3n) is 4.26. The van der Waals surface area contributed by atoms with E-state index in [9.17, 15) is 17.6 Å². The molecule has 2 aromatic carbocycles. The lowest BCUT2D eigenvalue weighted by Crippen LogP contribution is -2.41. The molecule has 0 radical (unpaired) electrons. The number of anilines is 1. The van der Waals surface area contributed by atoms with Gasteiger partial charge in [0.25, 0.3) is 0 Å². The van der Waals surface area contributed by atoms with Gasteiger partial charge < -0.3 is 4.90 Å². The maximum Gasteiger partial charge on any atom is 0.245 e. The van der Waals surface area contributed by atoms with E-state index in [0.717, 1.165) is 5.56 Å². The van der Waals surface area contributed by atoms with Crippen molar-refractivity contribution < 1.29 is 17.6 Å². The molecule has 2 aromatic rings. The molecule has 1 aliphatic rings. The van der Waals surface area contributed by atoms with Crippen LogP contribution in [0.25, 0.3) is 0 Å². The molecule has 7 heteroatoms. The third kappa shape index (κ3) is 3.57. The van der Waals surface area contributed by atoms with Gasteiger partial charge in [-0.2, -0.15) is 4.72 Å². The van der Waals surface area contributed by atoms with Crippen LogP contribution < -0.4 is 9.62 Å². The summed E-state index contributed by atoms with van der Waals surface area (Å²) in [5.41, 5.74) is 1.83. The second kappa shape index (κ2) is 6.57. The molecule has 132 valence electrons. The zero-order valence-electron chi connectivity index (χ0n) is 14.0. The van der Waals surface area contributed by atoms with Gasteiger partial charge in [0, 0.05) is 12.2 Å². The largest absolute Gasteiger partial charge is 0.311 e. The zero-order valence-corrected chi connectivity index (χ0v) is 14.8. The van der Waals surface area contributed by atoms with Crippen molar-refractivity contribution in [3.05, 3.63) is 59.4 Å².